The van der Waals surface area contributed by atoms with E-state index in [0.717, 1.165) is 0 Å². The van der Waals surface area contributed by atoms with Crippen molar-refractivity contribution in [2.45, 2.75) is 24.9 Å². The summed E-state index contributed by atoms with van der Waals surface area (Å²) < 4.78 is 62.8. The quantitative estimate of drug-likeness (QED) is 0.704. The van der Waals surface area contributed by atoms with Gasteiger partial charge in [0, 0.05) is 11.1 Å². The number of sulfonamides is 1. The van der Waals surface area contributed by atoms with Crippen LogP contribution in [0.15, 0.2) is 41.3 Å². The van der Waals surface area contributed by atoms with Gasteiger partial charge < -0.3 is 5.32 Å². The van der Waals surface area contributed by atoms with Crippen molar-refractivity contribution in [3.8, 4) is 0 Å². The van der Waals surface area contributed by atoms with Crippen LogP contribution in [-0.2, 0) is 16.2 Å². The van der Waals surface area contributed by atoms with E-state index in [2.05, 4.69) is 15.3 Å². The molecule has 1 aromatic heterocycles. The van der Waals surface area contributed by atoms with E-state index in [1.54, 1.807) is 32.0 Å². The molecular weight excluding hydrogens is 381 g/mol. The van der Waals surface area contributed by atoms with Crippen LogP contribution in [-0.4, -0.2) is 18.4 Å². The minimum atomic E-state index is -4.73. The predicted molar refractivity (Wildman–Crippen MR) is 95.1 cm³/mol. The molecule has 142 valence electrons. The van der Waals surface area contributed by atoms with Crippen molar-refractivity contribution in [2.24, 2.45) is 5.14 Å². The molecule has 0 radical (unpaired) electrons. The van der Waals surface area contributed by atoms with Crippen molar-refractivity contribution in [1.82, 2.24) is 9.97 Å². The Balaban J connectivity index is 2.21. The second-order valence-electron chi connectivity index (χ2n) is 5.99. The maximum absolute atomic E-state index is 13.1. The molecule has 0 unspecified atom stereocenters. The summed E-state index contributed by atoms with van der Waals surface area (Å²) in [6.07, 6.45) is -4.73. The topological polar surface area (TPSA) is 98.0 Å². The molecule has 10 heteroatoms. The number of anilines is 2. The Morgan fingerprint density at radius 2 is 1.74 bits per heavy atom. The van der Waals surface area contributed by atoms with E-state index in [-0.39, 0.29) is 21.9 Å². The number of nitrogens with zero attached hydrogens (tertiary/aromatic N) is 2. The lowest BCUT2D eigenvalue weighted by atomic mass is 10.1. The Morgan fingerprint density at radius 1 is 1.07 bits per heavy atom. The molecule has 0 aliphatic carbocycles. The first kappa shape index (κ1) is 19.1. The van der Waals surface area contributed by atoms with Gasteiger partial charge in [0.1, 0.15) is 5.82 Å². The summed E-state index contributed by atoms with van der Waals surface area (Å²) in [5.74, 6) is -1.37. The third kappa shape index (κ3) is 3.86. The van der Waals surface area contributed by atoms with Crippen molar-refractivity contribution in [2.75, 3.05) is 5.32 Å². The molecule has 0 bridgehead atoms. The minimum Gasteiger partial charge on any atom is -0.339 e. The standard InChI is InChI=1S/C17H15F3N4O2S/c1-9-7-11(27(21,25)26)8-14(10(9)2)22-15-12-5-3-4-6-13(12)23-16(24-15)17(18,19)20/h3-8H,1-2H3,(H2,21,25,26)(H,22,23,24). The third-order valence-corrected chi connectivity index (χ3v) is 4.97. The molecule has 0 fully saturated rings. The predicted octanol–water partition coefficient (Wildman–Crippen LogP) is 3.66. The van der Waals surface area contributed by atoms with Gasteiger partial charge in [0.05, 0.1) is 10.4 Å². The normalized spacial score (nSPS) is 12.4. The Labute approximate surface area is 153 Å². The zero-order valence-corrected chi connectivity index (χ0v) is 15.1. The summed E-state index contributed by atoms with van der Waals surface area (Å²) in [6.45, 7) is 3.38. The number of hydrogen-bond donors (Lipinski definition) is 2. The van der Waals surface area contributed by atoms with Gasteiger partial charge >= 0.3 is 6.18 Å². The number of aromatic nitrogens is 2. The van der Waals surface area contributed by atoms with Crippen LogP contribution in [0.25, 0.3) is 10.9 Å². The Morgan fingerprint density at radius 3 is 2.37 bits per heavy atom. The average molecular weight is 396 g/mol. The van der Waals surface area contributed by atoms with E-state index in [1.807, 2.05) is 0 Å². The summed E-state index contributed by atoms with van der Waals surface area (Å²) >= 11 is 0. The van der Waals surface area contributed by atoms with Gasteiger partial charge in [0.2, 0.25) is 15.8 Å². The number of rotatable bonds is 3. The van der Waals surface area contributed by atoms with Gasteiger partial charge in [-0.25, -0.2) is 23.5 Å². The number of benzene rings is 2. The molecule has 0 saturated heterocycles. The second kappa shape index (κ2) is 6.46. The Bertz CT molecular complexity index is 1140. The number of nitrogens with one attached hydrogen (secondary N) is 1. The van der Waals surface area contributed by atoms with Crippen LogP contribution in [0, 0.1) is 13.8 Å². The lowest BCUT2D eigenvalue weighted by molar-refractivity contribution is -0.144. The van der Waals surface area contributed by atoms with E-state index in [1.165, 1.54) is 18.2 Å². The number of aryl methyl sites for hydroxylation is 1. The molecule has 3 N–H and O–H groups in total. The molecule has 1 heterocycles. The van der Waals surface area contributed by atoms with Crippen molar-refractivity contribution in [3.63, 3.8) is 0 Å². The van der Waals surface area contributed by atoms with Gasteiger partial charge in [0.25, 0.3) is 0 Å². The van der Waals surface area contributed by atoms with Gasteiger partial charge in [-0.3, -0.25) is 0 Å². The van der Waals surface area contributed by atoms with Crippen molar-refractivity contribution < 1.29 is 21.6 Å². The molecule has 0 aliphatic heterocycles. The van der Waals surface area contributed by atoms with Gasteiger partial charge in [-0.1, -0.05) is 12.1 Å². The summed E-state index contributed by atoms with van der Waals surface area (Å²) in [7, 11) is -3.98. The van der Waals surface area contributed by atoms with Crippen molar-refractivity contribution in [3.05, 3.63) is 53.3 Å². The lowest BCUT2D eigenvalue weighted by Gasteiger charge is -2.16. The fourth-order valence-electron chi connectivity index (χ4n) is 2.55. The summed E-state index contributed by atoms with van der Waals surface area (Å²) in [5.41, 5.74) is 1.66. The monoisotopic (exact) mass is 396 g/mol. The molecule has 3 aromatic rings. The smallest absolute Gasteiger partial charge is 0.339 e. The highest BCUT2D eigenvalue weighted by atomic mass is 32.2. The fraction of sp³-hybridized carbons (Fsp3) is 0.176. The van der Waals surface area contributed by atoms with E-state index in [9.17, 15) is 21.6 Å². The maximum Gasteiger partial charge on any atom is 0.451 e. The van der Waals surface area contributed by atoms with Crippen LogP contribution < -0.4 is 10.5 Å². The zero-order chi connectivity index (χ0) is 20.0. The molecule has 0 amide bonds. The summed E-state index contributed by atoms with van der Waals surface area (Å²) in [4.78, 5) is 7.01. The highest BCUT2D eigenvalue weighted by Crippen LogP contribution is 2.33. The van der Waals surface area contributed by atoms with Crippen LogP contribution in [0.5, 0.6) is 0 Å². The molecule has 6 nitrogen and oxygen atoms in total. The summed E-state index contributed by atoms with van der Waals surface area (Å²) in [5, 5.41) is 8.35. The molecule has 0 aliphatic rings. The van der Waals surface area contributed by atoms with Crippen LogP contribution in [0.3, 0.4) is 0 Å². The average Bonchev–Trinajstić information content (AvgIpc) is 2.56. The first-order valence-electron chi connectivity index (χ1n) is 7.72. The number of halogens is 3. The molecule has 27 heavy (non-hydrogen) atoms. The van der Waals surface area contributed by atoms with E-state index in [0.29, 0.717) is 16.5 Å². The third-order valence-electron chi connectivity index (χ3n) is 4.08. The minimum absolute atomic E-state index is 0.0815. The molecule has 0 atom stereocenters. The Hall–Kier alpha value is -2.72. The van der Waals surface area contributed by atoms with E-state index in [4.69, 9.17) is 5.14 Å². The van der Waals surface area contributed by atoms with Gasteiger partial charge in [0.15, 0.2) is 0 Å². The highest BCUT2D eigenvalue weighted by Gasteiger charge is 2.35. The lowest BCUT2D eigenvalue weighted by Crippen LogP contribution is -2.14. The van der Waals surface area contributed by atoms with Crippen molar-refractivity contribution >= 4 is 32.4 Å². The number of fused-ring (bicyclic) bond motifs is 1. The van der Waals surface area contributed by atoms with Crippen LogP contribution in [0.4, 0.5) is 24.7 Å². The number of para-hydroxylation sites is 1. The SMILES string of the molecule is Cc1cc(S(N)(=O)=O)cc(Nc2nc(C(F)(F)F)nc3ccccc23)c1C. The first-order chi connectivity index (χ1) is 12.5. The largest absolute Gasteiger partial charge is 0.451 e. The zero-order valence-electron chi connectivity index (χ0n) is 14.3. The van der Waals surface area contributed by atoms with Gasteiger partial charge in [-0.05, 0) is 49.2 Å². The second-order valence-corrected chi connectivity index (χ2v) is 7.55. The number of alkyl halides is 3. The molecule has 2 aromatic carbocycles. The molecule has 3 rings (SSSR count). The molecule has 0 spiro atoms. The summed E-state index contributed by atoms with van der Waals surface area (Å²) in [6, 6.07) is 8.88. The van der Waals surface area contributed by atoms with Crippen LogP contribution in [0.1, 0.15) is 17.0 Å². The van der Waals surface area contributed by atoms with Gasteiger partial charge in [-0.15, -0.1) is 0 Å². The Kier molecular flexibility index (Phi) is 4.56. The van der Waals surface area contributed by atoms with Gasteiger partial charge in [-0.2, -0.15) is 13.2 Å². The molecular formula is C17H15F3N4O2S. The number of hydrogen-bond acceptors (Lipinski definition) is 5. The first-order valence-corrected chi connectivity index (χ1v) is 9.26. The van der Waals surface area contributed by atoms with Crippen LogP contribution in [0.2, 0.25) is 0 Å². The highest BCUT2D eigenvalue weighted by molar-refractivity contribution is 7.89. The maximum atomic E-state index is 13.1. The number of primary sulfonamides is 1. The molecule has 0 saturated carbocycles. The fourth-order valence-corrected chi connectivity index (χ4v) is 3.17. The number of nitrogens with two attached hydrogens (primary N) is 1. The van der Waals surface area contributed by atoms with E-state index < -0.39 is 22.0 Å². The van der Waals surface area contributed by atoms with Crippen molar-refractivity contribution in [1.29, 1.82) is 0 Å². The van der Waals surface area contributed by atoms with Crippen LogP contribution >= 0.6 is 0 Å². The van der Waals surface area contributed by atoms with E-state index >= 15 is 0 Å².